The molecule has 0 bridgehead atoms. The van der Waals surface area contributed by atoms with Crippen molar-refractivity contribution < 1.29 is 9.90 Å². The second kappa shape index (κ2) is 6.45. The summed E-state index contributed by atoms with van der Waals surface area (Å²) in [6.45, 7) is -0.153. The van der Waals surface area contributed by atoms with Gasteiger partial charge < -0.3 is 10.4 Å². The van der Waals surface area contributed by atoms with Crippen molar-refractivity contribution >= 4 is 21.8 Å². The molecule has 2 aromatic rings. The van der Waals surface area contributed by atoms with Crippen molar-refractivity contribution in [2.75, 3.05) is 6.61 Å². The molecule has 2 rings (SSSR count). The highest BCUT2D eigenvalue weighted by atomic mass is 79.9. The molecule has 4 nitrogen and oxygen atoms in total. The first-order valence-electron chi connectivity index (χ1n) is 5.79. The molecule has 1 heterocycles. The average molecular weight is 321 g/mol. The van der Waals surface area contributed by atoms with Crippen LogP contribution in [-0.2, 0) is 0 Å². The van der Waals surface area contributed by atoms with Gasteiger partial charge in [-0.2, -0.15) is 0 Å². The van der Waals surface area contributed by atoms with Crippen LogP contribution in [0, 0.1) is 0 Å². The van der Waals surface area contributed by atoms with Crippen LogP contribution >= 0.6 is 15.9 Å². The van der Waals surface area contributed by atoms with Gasteiger partial charge in [0.25, 0.3) is 5.91 Å². The van der Waals surface area contributed by atoms with E-state index in [0.29, 0.717) is 10.2 Å². The van der Waals surface area contributed by atoms with E-state index in [1.807, 2.05) is 30.3 Å². The summed E-state index contributed by atoms with van der Waals surface area (Å²) >= 11 is 3.21. The predicted octanol–water partition coefficient (Wildman–Crippen LogP) is 2.31. The molecule has 0 saturated carbocycles. The first-order chi connectivity index (χ1) is 9.20. The highest BCUT2D eigenvalue weighted by Gasteiger charge is 2.14. The number of aromatic nitrogens is 1. The Morgan fingerprint density at radius 1 is 1.26 bits per heavy atom. The zero-order valence-corrected chi connectivity index (χ0v) is 11.7. The second-order valence-corrected chi connectivity index (χ2v) is 4.80. The molecule has 0 radical (unpaired) electrons. The Labute approximate surface area is 119 Å². The van der Waals surface area contributed by atoms with Crippen molar-refractivity contribution in [3.63, 3.8) is 0 Å². The van der Waals surface area contributed by atoms with E-state index in [2.05, 4.69) is 26.2 Å². The van der Waals surface area contributed by atoms with Crippen LogP contribution in [0.25, 0.3) is 0 Å². The first-order valence-corrected chi connectivity index (χ1v) is 6.58. The minimum atomic E-state index is -0.419. The topological polar surface area (TPSA) is 62.2 Å². The van der Waals surface area contributed by atoms with Crippen LogP contribution in [0.15, 0.2) is 53.3 Å². The zero-order valence-electron chi connectivity index (χ0n) is 10.1. The lowest BCUT2D eigenvalue weighted by Crippen LogP contribution is -2.30. The number of pyridine rings is 1. The summed E-state index contributed by atoms with van der Waals surface area (Å²) in [6, 6.07) is 12.3. The summed E-state index contributed by atoms with van der Waals surface area (Å²) < 4.78 is 0.672. The maximum Gasteiger partial charge on any atom is 0.253 e. The number of amides is 1. The van der Waals surface area contributed by atoms with Crippen LogP contribution in [0.4, 0.5) is 0 Å². The minimum absolute atomic E-state index is 0.153. The molecular weight excluding hydrogens is 308 g/mol. The van der Waals surface area contributed by atoms with Crippen LogP contribution in [0.2, 0.25) is 0 Å². The summed E-state index contributed by atoms with van der Waals surface area (Å²) in [6.07, 6.45) is 1.48. The third-order valence-electron chi connectivity index (χ3n) is 2.68. The van der Waals surface area contributed by atoms with Gasteiger partial charge >= 0.3 is 0 Å². The van der Waals surface area contributed by atoms with E-state index in [9.17, 15) is 9.90 Å². The molecule has 0 aliphatic heterocycles. The number of rotatable bonds is 4. The monoisotopic (exact) mass is 320 g/mol. The molecule has 1 aromatic heterocycles. The number of carbonyl (C=O) groups is 1. The van der Waals surface area contributed by atoms with Crippen molar-refractivity contribution in [2.24, 2.45) is 0 Å². The lowest BCUT2D eigenvalue weighted by Gasteiger charge is -2.16. The second-order valence-electron chi connectivity index (χ2n) is 3.99. The van der Waals surface area contributed by atoms with Gasteiger partial charge in [0.1, 0.15) is 4.60 Å². The van der Waals surface area contributed by atoms with Gasteiger partial charge in [0.15, 0.2) is 0 Å². The van der Waals surface area contributed by atoms with E-state index in [1.54, 1.807) is 12.1 Å². The minimum Gasteiger partial charge on any atom is -0.394 e. The Morgan fingerprint density at radius 3 is 2.58 bits per heavy atom. The lowest BCUT2D eigenvalue weighted by atomic mass is 10.1. The van der Waals surface area contributed by atoms with E-state index in [0.717, 1.165) is 5.56 Å². The Morgan fingerprint density at radius 2 is 2.00 bits per heavy atom. The van der Waals surface area contributed by atoms with E-state index in [4.69, 9.17) is 0 Å². The normalized spacial score (nSPS) is 11.9. The van der Waals surface area contributed by atoms with Crippen molar-refractivity contribution in [3.05, 3.63) is 64.4 Å². The molecule has 1 aromatic carbocycles. The quantitative estimate of drug-likeness (QED) is 0.850. The summed E-state index contributed by atoms with van der Waals surface area (Å²) in [5, 5.41) is 12.2. The fourth-order valence-electron chi connectivity index (χ4n) is 1.67. The van der Waals surface area contributed by atoms with Crippen LogP contribution in [0.1, 0.15) is 22.0 Å². The molecule has 0 fully saturated rings. The van der Waals surface area contributed by atoms with Crippen molar-refractivity contribution in [2.45, 2.75) is 6.04 Å². The molecule has 2 N–H and O–H groups in total. The van der Waals surface area contributed by atoms with Crippen LogP contribution in [-0.4, -0.2) is 22.6 Å². The number of hydrogen-bond donors (Lipinski definition) is 2. The maximum atomic E-state index is 12.0. The number of carbonyl (C=O) groups excluding carboxylic acids is 1. The van der Waals surface area contributed by atoms with E-state index >= 15 is 0 Å². The smallest absolute Gasteiger partial charge is 0.253 e. The highest BCUT2D eigenvalue weighted by molar-refractivity contribution is 9.10. The summed E-state index contributed by atoms with van der Waals surface area (Å²) in [7, 11) is 0. The maximum absolute atomic E-state index is 12.0. The molecule has 0 saturated heterocycles. The van der Waals surface area contributed by atoms with Crippen molar-refractivity contribution in [1.82, 2.24) is 10.3 Å². The zero-order chi connectivity index (χ0) is 13.7. The molecule has 5 heteroatoms. The molecule has 0 spiro atoms. The number of hydrogen-bond acceptors (Lipinski definition) is 3. The predicted molar refractivity (Wildman–Crippen MR) is 75.7 cm³/mol. The number of nitrogens with zero attached hydrogens (tertiary/aromatic N) is 1. The largest absolute Gasteiger partial charge is 0.394 e. The molecule has 0 aliphatic rings. The Bertz CT molecular complexity index is 543. The van der Waals surface area contributed by atoms with E-state index < -0.39 is 6.04 Å². The number of nitrogens with one attached hydrogen (secondary N) is 1. The van der Waals surface area contributed by atoms with Gasteiger partial charge in [0.05, 0.1) is 18.2 Å². The van der Waals surface area contributed by atoms with Crippen LogP contribution in [0.5, 0.6) is 0 Å². The third kappa shape index (κ3) is 3.62. The van der Waals surface area contributed by atoms with Gasteiger partial charge in [-0.1, -0.05) is 30.3 Å². The molecule has 19 heavy (non-hydrogen) atoms. The van der Waals surface area contributed by atoms with Crippen LogP contribution in [0.3, 0.4) is 0 Å². The summed E-state index contributed by atoms with van der Waals surface area (Å²) in [4.78, 5) is 16.0. The fourth-order valence-corrected chi connectivity index (χ4v) is 1.91. The Kier molecular flexibility index (Phi) is 4.65. The number of halogens is 1. The molecular formula is C14H13BrN2O2. The van der Waals surface area contributed by atoms with Crippen molar-refractivity contribution in [1.29, 1.82) is 0 Å². The lowest BCUT2D eigenvalue weighted by molar-refractivity contribution is 0.0916. The number of aliphatic hydroxyl groups is 1. The Balaban J connectivity index is 2.10. The summed E-state index contributed by atoms with van der Waals surface area (Å²) in [5.74, 6) is -0.261. The van der Waals surface area contributed by atoms with Crippen molar-refractivity contribution in [3.8, 4) is 0 Å². The molecule has 1 amide bonds. The summed E-state index contributed by atoms with van der Waals surface area (Å²) in [5.41, 5.74) is 1.32. The first kappa shape index (κ1) is 13.7. The van der Waals surface area contributed by atoms with Gasteiger partial charge in [0.2, 0.25) is 0 Å². The van der Waals surface area contributed by atoms with Crippen LogP contribution < -0.4 is 5.32 Å². The van der Waals surface area contributed by atoms with Gasteiger partial charge in [-0.25, -0.2) is 4.98 Å². The standard InChI is InChI=1S/C14H13BrN2O2/c15-13-7-6-11(8-16-13)14(19)17-12(9-18)10-4-2-1-3-5-10/h1-8,12,18H,9H2,(H,17,19). The van der Waals surface area contributed by atoms with Gasteiger partial charge in [-0.3, -0.25) is 4.79 Å². The van der Waals surface area contributed by atoms with Gasteiger partial charge in [-0.15, -0.1) is 0 Å². The third-order valence-corrected chi connectivity index (χ3v) is 3.15. The molecule has 0 aliphatic carbocycles. The molecule has 1 unspecified atom stereocenters. The fraction of sp³-hybridized carbons (Fsp3) is 0.143. The SMILES string of the molecule is O=C(NC(CO)c1ccccc1)c1ccc(Br)nc1. The van der Waals surface area contributed by atoms with E-state index in [-0.39, 0.29) is 12.5 Å². The Hall–Kier alpha value is -1.72. The molecule has 98 valence electrons. The van der Waals surface area contributed by atoms with Gasteiger partial charge in [0, 0.05) is 6.20 Å². The number of aliphatic hydroxyl groups excluding tert-OH is 1. The average Bonchev–Trinajstić information content (AvgIpc) is 2.46. The molecule has 1 atom stereocenters. The highest BCUT2D eigenvalue weighted by Crippen LogP contribution is 2.13. The number of benzene rings is 1. The van der Waals surface area contributed by atoms with Gasteiger partial charge in [-0.05, 0) is 33.6 Å². The van der Waals surface area contributed by atoms with E-state index in [1.165, 1.54) is 6.20 Å².